The van der Waals surface area contributed by atoms with Gasteiger partial charge in [0.25, 0.3) is 5.91 Å². The summed E-state index contributed by atoms with van der Waals surface area (Å²) >= 11 is 0. The maximum atomic E-state index is 12.7. The minimum Gasteiger partial charge on any atom is -0.452 e. The molecule has 1 N–H and O–H groups in total. The van der Waals surface area contributed by atoms with E-state index in [9.17, 15) is 9.59 Å². The molecule has 0 bridgehead atoms. The molecule has 0 spiro atoms. The van der Waals surface area contributed by atoms with E-state index in [-0.39, 0.29) is 12.5 Å². The van der Waals surface area contributed by atoms with Crippen LogP contribution in [0.5, 0.6) is 0 Å². The first-order valence-corrected chi connectivity index (χ1v) is 8.44. The number of hydrogen-bond acceptors (Lipinski definition) is 4. The lowest BCUT2D eigenvalue weighted by Crippen LogP contribution is -2.29. The molecule has 1 amide bonds. The number of esters is 1. The summed E-state index contributed by atoms with van der Waals surface area (Å²) in [6, 6.07) is 7.61. The third-order valence-electron chi connectivity index (χ3n) is 4.42. The lowest BCUT2D eigenvalue weighted by atomic mass is 9.84. The maximum absolute atomic E-state index is 12.7. The van der Waals surface area contributed by atoms with Crippen LogP contribution < -0.4 is 5.32 Å². The molecule has 1 aliphatic rings. The maximum Gasteiger partial charge on any atom is 0.339 e. The van der Waals surface area contributed by atoms with E-state index in [1.807, 2.05) is 31.2 Å². The zero-order valence-corrected chi connectivity index (χ0v) is 14.1. The number of para-hydroxylation sites is 1. The fourth-order valence-corrected chi connectivity index (χ4v) is 3.25. The van der Waals surface area contributed by atoms with Gasteiger partial charge in [-0.2, -0.15) is 0 Å². The van der Waals surface area contributed by atoms with E-state index in [4.69, 9.17) is 9.72 Å². The van der Waals surface area contributed by atoms with Gasteiger partial charge in [-0.3, -0.25) is 9.78 Å². The fourth-order valence-electron chi connectivity index (χ4n) is 3.25. The average Bonchev–Trinajstić information content (AvgIpc) is 2.58. The Morgan fingerprint density at radius 1 is 1.33 bits per heavy atom. The second-order valence-electron chi connectivity index (χ2n) is 6.31. The highest BCUT2D eigenvalue weighted by atomic mass is 16.5. The minimum atomic E-state index is -0.440. The van der Waals surface area contributed by atoms with Crippen molar-refractivity contribution in [1.29, 1.82) is 0 Å². The summed E-state index contributed by atoms with van der Waals surface area (Å²) in [5.74, 6) is -0.216. The molecule has 1 aliphatic carbocycles. The summed E-state index contributed by atoms with van der Waals surface area (Å²) in [4.78, 5) is 29.0. The summed E-state index contributed by atoms with van der Waals surface area (Å²) in [5, 5.41) is 3.43. The minimum absolute atomic E-state index is 0.256. The molecule has 0 aliphatic heterocycles. The lowest BCUT2D eigenvalue weighted by molar-refractivity contribution is -0.124. The van der Waals surface area contributed by atoms with Gasteiger partial charge in [0.2, 0.25) is 0 Å². The number of likely N-dealkylation sites (N-methyl/N-ethyl adjacent to an activating group) is 1. The molecule has 1 aromatic heterocycles. The molecule has 5 heteroatoms. The SMILES string of the molecule is CCNC(=O)COC(=O)c1c2c(nc3ccccc13)CCC(C)C2. The number of ether oxygens (including phenoxy) is 1. The van der Waals surface area contributed by atoms with Crippen LogP contribution in [0, 0.1) is 5.92 Å². The van der Waals surface area contributed by atoms with Crippen LogP contribution in [0.3, 0.4) is 0 Å². The summed E-state index contributed by atoms with van der Waals surface area (Å²) < 4.78 is 5.27. The number of carbonyl (C=O) groups is 2. The first-order chi connectivity index (χ1) is 11.6. The van der Waals surface area contributed by atoms with E-state index in [2.05, 4.69) is 12.2 Å². The number of rotatable bonds is 4. The average molecular weight is 326 g/mol. The van der Waals surface area contributed by atoms with Crippen LogP contribution in [-0.4, -0.2) is 30.0 Å². The third kappa shape index (κ3) is 3.25. The van der Waals surface area contributed by atoms with E-state index >= 15 is 0 Å². The number of benzene rings is 1. The van der Waals surface area contributed by atoms with Crippen molar-refractivity contribution in [3.8, 4) is 0 Å². The van der Waals surface area contributed by atoms with Crippen molar-refractivity contribution in [1.82, 2.24) is 10.3 Å². The van der Waals surface area contributed by atoms with Gasteiger partial charge in [0.15, 0.2) is 6.61 Å². The molecule has 0 fully saturated rings. The number of nitrogens with one attached hydrogen (secondary N) is 1. The number of pyridine rings is 1. The van der Waals surface area contributed by atoms with Crippen LogP contribution in [0.1, 0.15) is 41.9 Å². The molecule has 1 heterocycles. The molecule has 3 rings (SSSR count). The van der Waals surface area contributed by atoms with Crippen molar-refractivity contribution >= 4 is 22.8 Å². The summed E-state index contributed by atoms with van der Waals surface area (Å²) in [6.45, 7) is 4.27. The van der Waals surface area contributed by atoms with E-state index in [0.717, 1.165) is 41.4 Å². The molecular formula is C19H22N2O3. The van der Waals surface area contributed by atoms with Gasteiger partial charge < -0.3 is 10.1 Å². The van der Waals surface area contributed by atoms with Crippen molar-refractivity contribution in [3.05, 3.63) is 41.1 Å². The zero-order chi connectivity index (χ0) is 17.1. The van der Waals surface area contributed by atoms with Crippen LogP contribution in [0.4, 0.5) is 0 Å². The Morgan fingerprint density at radius 2 is 2.12 bits per heavy atom. The standard InChI is InChI=1S/C19H22N2O3/c1-3-20-17(22)11-24-19(23)18-13-6-4-5-7-15(13)21-16-9-8-12(2)10-14(16)18/h4-7,12H,3,8-11H2,1-2H3,(H,20,22). The first kappa shape index (κ1) is 16.4. The Bertz CT molecular complexity index is 786. The number of hydrogen-bond donors (Lipinski definition) is 1. The second kappa shape index (κ2) is 6.99. The predicted octanol–water partition coefficient (Wildman–Crippen LogP) is 2.65. The highest BCUT2D eigenvalue weighted by Gasteiger charge is 2.26. The third-order valence-corrected chi connectivity index (χ3v) is 4.42. The van der Waals surface area contributed by atoms with Crippen molar-refractivity contribution < 1.29 is 14.3 Å². The van der Waals surface area contributed by atoms with Gasteiger partial charge in [-0.25, -0.2) is 4.79 Å². The van der Waals surface area contributed by atoms with Crippen LogP contribution >= 0.6 is 0 Å². The van der Waals surface area contributed by atoms with Crippen LogP contribution in [-0.2, 0) is 22.4 Å². The van der Waals surface area contributed by atoms with E-state index < -0.39 is 5.97 Å². The van der Waals surface area contributed by atoms with Crippen LogP contribution in [0.2, 0.25) is 0 Å². The second-order valence-corrected chi connectivity index (χ2v) is 6.31. The Morgan fingerprint density at radius 3 is 2.92 bits per heavy atom. The van der Waals surface area contributed by atoms with Gasteiger partial charge in [0.05, 0.1) is 11.1 Å². The summed E-state index contributed by atoms with van der Waals surface area (Å²) in [7, 11) is 0. The molecule has 5 nitrogen and oxygen atoms in total. The number of carbonyl (C=O) groups excluding carboxylic acids is 2. The summed E-state index contributed by atoms with van der Waals surface area (Å²) in [5.41, 5.74) is 3.34. The molecule has 0 radical (unpaired) electrons. The van der Waals surface area contributed by atoms with Crippen LogP contribution in [0.15, 0.2) is 24.3 Å². The van der Waals surface area contributed by atoms with E-state index in [0.29, 0.717) is 18.0 Å². The fraction of sp³-hybridized carbons (Fsp3) is 0.421. The highest BCUT2D eigenvalue weighted by Crippen LogP contribution is 2.31. The molecule has 0 saturated carbocycles. The smallest absolute Gasteiger partial charge is 0.339 e. The molecular weight excluding hydrogens is 304 g/mol. The monoisotopic (exact) mass is 326 g/mol. The van der Waals surface area contributed by atoms with Crippen molar-refractivity contribution in [2.45, 2.75) is 33.1 Å². The number of nitrogens with zero attached hydrogens (tertiary/aromatic N) is 1. The number of aryl methyl sites for hydroxylation is 1. The molecule has 1 atom stereocenters. The van der Waals surface area contributed by atoms with Crippen LogP contribution in [0.25, 0.3) is 10.9 Å². The highest BCUT2D eigenvalue weighted by molar-refractivity contribution is 6.05. The number of amides is 1. The Labute approximate surface area is 141 Å². The quantitative estimate of drug-likeness (QED) is 0.877. The topological polar surface area (TPSA) is 68.3 Å². The predicted molar refractivity (Wildman–Crippen MR) is 91.9 cm³/mol. The van der Waals surface area contributed by atoms with E-state index in [1.165, 1.54) is 0 Å². The molecule has 2 aromatic rings. The zero-order valence-electron chi connectivity index (χ0n) is 14.1. The molecule has 1 unspecified atom stereocenters. The number of aromatic nitrogens is 1. The molecule has 0 saturated heterocycles. The van der Waals surface area contributed by atoms with Crippen molar-refractivity contribution in [2.75, 3.05) is 13.2 Å². The van der Waals surface area contributed by atoms with Gasteiger partial charge in [-0.05, 0) is 43.7 Å². The molecule has 24 heavy (non-hydrogen) atoms. The van der Waals surface area contributed by atoms with Gasteiger partial charge in [0.1, 0.15) is 0 Å². The Kier molecular flexibility index (Phi) is 4.79. The van der Waals surface area contributed by atoms with Gasteiger partial charge >= 0.3 is 5.97 Å². The van der Waals surface area contributed by atoms with Crippen molar-refractivity contribution in [3.63, 3.8) is 0 Å². The summed E-state index contributed by atoms with van der Waals surface area (Å²) in [6.07, 6.45) is 2.77. The van der Waals surface area contributed by atoms with Gasteiger partial charge in [0, 0.05) is 17.6 Å². The van der Waals surface area contributed by atoms with Gasteiger partial charge in [-0.1, -0.05) is 25.1 Å². The van der Waals surface area contributed by atoms with Gasteiger partial charge in [-0.15, -0.1) is 0 Å². The Hall–Kier alpha value is -2.43. The molecule has 126 valence electrons. The number of fused-ring (bicyclic) bond motifs is 2. The first-order valence-electron chi connectivity index (χ1n) is 8.44. The normalized spacial score (nSPS) is 16.5. The lowest BCUT2D eigenvalue weighted by Gasteiger charge is -2.24. The van der Waals surface area contributed by atoms with Crippen molar-refractivity contribution in [2.24, 2.45) is 5.92 Å². The molecule has 1 aromatic carbocycles. The largest absolute Gasteiger partial charge is 0.452 e. The van der Waals surface area contributed by atoms with E-state index in [1.54, 1.807) is 0 Å². The Balaban J connectivity index is 2.00.